The van der Waals surface area contributed by atoms with Gasteiger partial charge < -0.3 is 16.0 Å². The van der Waals surface area contributed by atoms with Crippen LogP contribution in [0.1, 0.15) is 28.4 Å². The molecule has 0 fully saturated rings. The summed E-state index contributed by atoms with van der Waals surface area (Å²) in [6.45, 7) is 2.21. The maximum absolute atomic E-state index is 15.0. The molecule has 0 aliphatic carbocycles. The Bertz CT molecular complexity index is 1510. The fraction of sp³-hybridized carbons (Fsp3) is 0.148. The van der Waals surface area contributed by atoms with Crippen LogP contribution in [0.15, 0.2) is 78.0 Å². The third-order valence-corrected chi connectivity index (χ3v) is 6.00. The molecule has 3 N–H and O–H groups in total. The van der Waals surface area contributed by atoms with Crippen molar-refractivity contribution in [2.45, 2.75) is 19.6 Å². The van der Waals surface area contributed by atoms with Gasteiger partial charge >= 0.3 is 0 Å². The first-order valence-corrected chi connectivity index (χ1v) is 11.7. The summed E-state index contributed by atoms with van der Waals surface area (Å²) < 4.78 is 16.5. The van der Waals surface area contributed by atoms with E-state index in [9.17, 15) is 14.0 Å². The van der Waals surface area contributed by atoms with Gasteiger partial charge in [-0.05, 0) is 13.0 Å². The van der Waals surface area contributed by atoms with E-state index in [1.807, 2.05) is 55.5 Å². The second-order valence-electron chi connectivity index (χ2n) is 8.28. The van der Waals surface area contributed by atoms with Crippen molar-refractivity contribution in [1.82, 2.24) is 20.1 Å². The van der Waals surface area contributed by atoms with Gasteiger partial charge in [0.25, 0.3) is 11.8 Å². The fourth-order valence-electron chi connectivity index (χ4n) is 4.17. The van der Waals surface area contributed by atoms with Crippen molar-refractivity contribution >= 4 is 28.9 Å². The number of para-hydroxylation sites is 1. The van der Waals surface area contributed by atoms with Crippen LogP contribution in [-0.4, -0.2) is 45.5 Å². The number of halogens is 1. The summed E-state index contributed by atoms with van der Waals surface area (Å²) in [4.78, 5) is 35.5. The highest BCUT2D eigenvalue weighted by molar-refractivity contribution is 6.20. The molecule has 2 aromatic carbocycles. The number of pyridine rings is 1. The van der Waals surface area contributed by atoms with Crippen molar-refractivity contribution in [3.63, 3.8) is 0 Å². The summed E-state index contributed by atoms with van der Waals surface area (Å²) in [7, 11) is 1.66. The van der Waals surface area contributed by atoms with Gasteiger partial charge in [0.15, 0.2) is 5.82 Å². The van der Waals surface area contributed by atoms with Crippen molar-refractivity contribution in [2.75, 3.05) is 17.7 Å². The van der Waals surface area contributed by atoms with Crippen LogP contribution in [0, 0.1) is 5.82 Å². The Morgan fingerprint density at radius 2 is 1.86 bits per heavy atom. The molecule has 186 valence electrons. The minimum absolute atomic E-state index is 0.0188. The Hall–Kier alpha value is -4.86. The number of nitrogens with zero attached hydrogens (tertiary/aromatic N) is 4. The second kappa shape index (κ2) is 10.0. The lowest BCUT2D eigenvalue weighted by Gasteiger charge is -2.14. The monoisotopic (exact) mass is 497 g/mol. The van der Waals surface area contributed by atoms with Crippen LogP contribution in [0.3, 0.4) is 0 Å². The standard InChI is InChI=1S/C27H24FN7O2/c1-3-35-24(23-20(28)13-17(29-2)14-30-23)19(15-31-35)26(36)34-25-27(37)32-21-12-8-7-11-18(21)22(33-25)16-9-5-4-6-10-16/h4-15,25,29H,3H2,1-2H3,(H,32,37)(H,34,36)/t25-/m1/s1. The van der Waals surface area contributed by atoms with E-state index < -0.39 is 23.8 Å². The lowest BCUT2D eigenvalue weighted by atomic mass is 10.0. The summed E-state index contributed by atoms with van der Waals surface area (Å²) in [5.74, 6) is -1.74. The summed E-state index contributed by atoms with van der Waals surface area (Å²) in [6, 6.07) is 18.0. The Morgan fingerprint density at radius 3 is 2.59 bits per heavy atom. The van der Waals surface area contributed by atoms with Crippen LogP contribution in [0.25, 0.3) is 11.4 Å². The minimum Gasteiger partial charge on any atom is -0.387 e. The van der Waals surface area contributed by atoms with Gasteiger partial charge in [-0.25, -0.2) is 14.4 Å². The third-order valence-electron chi connectivity index (χ3n) is 6.00. The van der Waals surface area contributed by atoms with Gasteiger partial charge in [-0.3, -0.25) is 14.3 Å². The molecule has 1 aliphatic rings. The molecule has 0 saturated carbocycles. The number of aliphatic imine (C=N–C) groups is 1. The molecule has 0 unspecified atom stereocenters. The molecule has 2 aromatic heterocycles. The number of fused-ring (bicyclic) bond motifs is 1. The molecule has 1 aliphatic heterocycles. The topological polar surface area (TPSA) is 113 Å². The van der Waals surface area contributed by atoms with Gasteiger partial charge in [-0.2, -0.15) is 5.10 Å². The smallest absolute Gasteiger partial charge is 0.269 e. The summed E-state index contributed by atoms with van der Waals surface area (Å²) in [5.41, 5.74) is 3.43. The molecule has 3 heterocycles. The molecule has 4 aromatic rings. The lowest BCUT2D eigenvalue weighted by molar-refractivity contribution is -0.117. The average Bonchev–Trinajstić information content (AvgIpc) is 3.30. The van der Waals surface area contributed by atoms with Gasteiger partial charge in [0.2, 0.25) is 6.17 Å². The minimum atomic E-state index is -1.24. The predicted octanol–water partition coefficient (Wildman–Crippen LogP) is 3.69. The van der Waals surface area contributed by atoms with Crippen molar-refractivity contribution in [2.24, 2.45) is 4.99 Å². The number of hydrogen-bond acceptors (Lipinski definition) is 6. The second-order valence-corrected chi connectivity index (χ2v) is 8.28. The highest BCUT2D eigenvalue weighted by atomic mass is 19.1. The molecule has 9 nitrogen and oxygen atoms in total. The highest BCUT2D eigenvalue weighted by Crippen LogP contribution is 2.27. The number of carbonyl (C=O) groups excluding carboxylic acids is 2. The SMILES string of the molecule is CCn1ncc(C(=O)N[C@H]2N=C(c3ccccc3)c3ccccc3NC2=O)c1-c1ncc(NC)cc1F. The normalized spacial score (nSPS) is 14.7. The van der Waals surface area contributed by atoms with Crippen molar-refractivity contribution in [3.8, 4) is 11.4 Å². The number of benzene rings is 2. The maximum atomic E-state index is 15.0. The van der Waals surface area contributed by atoms with E-state index in [0.29, 0.717) is 23.6 Å². The Balaban J connectivity index is 1.54. The van der Waals surface area contributed by atoms with Crippen LogP contribution in [0.5, 0.6) is 0 Å². The maximum Gasteiger partial charge on any atom is 0.269 e. The molecule has 37 heavy (non-hydrogen) atoms. The van der Waals surface area contributed by atoms with Gasteiger partial charge in [0.1, 0.15) is 11.4 Å². The van der Waals surface area contributed by atoms with Crippen LogP contribution < -0.4 is 16.0 Å². The highest BCUT2D eigenvalue weighted by Gasteiger charge is 2.30. The molecule has 10 heteroatoms. The van der Waals surface area contributed by atoms with Crippen molar-refractivity contribution in [3.05, 3.63) is 95.6 Å². The number of carbonyl (C=O) groups is 2. The molecule has 1 atom stereocenters. The van der Waals surface area contributed by atoms with E-state index >= 15 is 0 Å². The molecular formula is C27H24FN7O2. The number of rotatable bonds is 6. The first kappa shape index (κ1) is 23.9. The van der Waals surface area contributed by atoms with Crippen molar-refractivity contribution < 1.29 is 14.0 Å². The Kier molecular flexibility index (Phi) is 6.46. The van der Waals surface area contributed by atoms with Crippen LogP contribution in [-0.2, 0) is 11.3 Å². The van der Waals surface area contributed by atoms with E-state index in [-0.39, 0.29) is 17.0 Å². The van der Waals surface area contributed by atoms with Gasteiger partial charge in [0.05, 0.1) is 35.0 Å². The number of nitrogens with one attached hydrogen (secondary N) is 3. The number of hydrogen-bond donors (Lipinski definition) is 3. The van der Waals surface area contributed by atoms with Gasteiger partial charge in [-0.15, -0.1) is 0 Å². The summed E-state index contributed by atoms with van der Waals surface area (Å²) in [6.07, 6.45) is 1.57. The van der Waals surface area contributed by atoms with Crippen LogP contribution >= 0.6 is 0 Å². The molecule has 0 bridgehead atoms. The molecular weight excluding hydrogens is 473 g/mol. The predicted molar refractivity (Wildman–Crippen MR) is 139 cm³/mol. The first-order chi connectivity index (χ1) is 18.0. The fourth-order valence-corrected chi connectivity index (χ4v) is 4.17. The molecule has 2 amide bonds. The summed E-state index contributed by atoms with van der Waals surface area (Å²) in [5, 5.41) is 12.6. The van der Waals surface area contributed by atoms with Gasteiger partial charge in [-0.1, -0.05) is 48.5 Å². The molecule has 0 radical (unpaired) electrons. The van der Waals surface area contributed by atoms with Crippen molar-refractivity contribution in [1.29, 1.82) is 0 Å². The van der Waals surface area contributed by atoms with E-state index in [1.54, 1.807) is 13.1 Å². The number of aryl methyl sites for hydroxylation is 1. The number of aromatic nitrogens is 3. The van der Waals surface area contributed by atoms with E-state index in [4.69, 9.17) is 0 Å². The first-order valence-electron chi connectivity index (χ1n) is 11.7. The Labute approximate surface area is 212 Å². The third kappa shape index (κ3) is 4.56. The average molecular weight is 498 g/mol. The number of anilines is 2. The number of amides is 2. The van der Waals surface area contributed by atoms with E-state index in [2.05, 4.69) is 31.0 Å². The van der Waals surface area contributed by atoms with E-state index in [1.165, 1.54) is 23.1 Å². The van der Waals surface area contributed by atoms with Gasteiger partial charge in [0, 0.05) is 30.8 Å². The van der Waals surface area contributed by atoms with Crippen LogP contribution in [0.4, 0.5) is 15.8 Å². The molecule has 5 rings (SSSR count). The molecule has 0 spiro atoms. The zero-order valence-electron chi connectivity index (χ0n) is 20.2. The molecule has 0 saturated heterocycles. The zero-order valence-corrected chi connectivity index (χ0v) is 20.2. The largest absolute Gasteiger partial charge is 0.387 e. The zero-order chi connectivity index (χ0) is 25.9. The quantitative estimate of drug-likeness (QED) is 0.376. The Morgan fingerprint density at radius 1 is 1.11 bits per heavy atom. The number of benzodiazepines with no additional fused rings is 1. The van der Waals surface area contributed by atoms with Crippen LogP contribution in [0.2, 0.25) is 0 Å². The lowest BCUT2D eigenvalue weighted by Crippen LogP contribution is -2.42. The van der Waals surface area contributed by atoms with E-state index in [0.717, 1.165) is 11.1 Å². The summed E-state index contributed by atoms with van der Waals surface area (Å²) >= 11 is 0.